The summed E-state index contributed by atoms with van der Waals surface area (Å²) >= 11 is 0. The van der Waals surface area contributed by atoms with E-state index in [1.807, 2.05) is 0 Å². The van der Waals surface area contributed by atoms with Crippen LogP contribution >= 0.6 is 0 Å². The second-order valence-electron chi connectivity index (χ2n) is 7.07. The van der Waals surface area contributed by atoms with Crippen LogP contribution in [-0.2, 0) is 0 Å². The zero-order chi connectivity index (χ0) is 26.6. The molecule has 0 unspecified atom stereocenters. The Bertz CT molecular complexity index is 1320. The van der Waals surface area contributed by atoms with E-state index in [1.165, 1.54) is 24.3 Å². The maximum absolute atomic E-state index is 12.6. The molecule has 14 nitrogen and oxygen atoms in total. The zero-order valence-electron chi connectivity index (χ0n) is 17.8. The molecule has 3 rings (SSSR count). The van der Waals surface area contributed by atoms with Gasteiger partial charge in [-0.05, 0) is 36.4 Å². The number of nitro benzene ring substituents is 2. The van der Waals surface area contributed by atoms with Gasteiger partial charge in [-0.3, -0.25) is 29.8 Å². The fraction of sp³-hybridized carbons (Fsp3) is 0. The van der Waals surface area contributed by atoms with Crippen LogP contribution in [-0.4, -0.2) is 43.8 Å². The monoisotopic (exact) mass is 494 g/mol. The number of nitrogens with zero attached hydrogens (tertiary/aromatic N) is 2. The van der Waals surface area contributed by atoms with Gasteiger partial charge in [0.05, 0.1) is 32.3 Å². The molecule has 0 saturated carbocycles. The quantitative estimate of drug-likeness (QED) is 0.264. The lowest BCUT2D eigenvalue weighted by Gasteiger charge is -2.10. The molecular weight excluding hydrogens is 480 g/mol. The van der Waals surface area contributed by atoms with Crippen molar-refractivity contribution in [3.8, 4) is 0 Å². The van der Waals surface area contributed by atoms with Crippen LogP contribution < -0.4 is 10.6 Å². The summed E-state index contributed by atoms with van der Waals surface area (Å²) in [5, 5.41) is 45.0. The number of aromatic carboxylic acids is 2. The van der Waals surface area contributed by atoms with Crippen molar-refractivity contribution in [2.45, 2.75) is 0 Å². The zero-order valence-corrected chi connectivity index (χ0v) is 17.8. The number of amides is 2. The molecule has 0 radical (unpaired) electrons. The van der Waals surface area contributed by atoms with Crippen LogP contribution in [0.15, 0.2) is 60.7 Å². The molecule has 0 aliphatic heterocycles. The highest BCUT2D eigenvalue weighted by atomic mass is 16.6. The lowest BCUT2D eigenvalue weighted by Crippen LogP contribution is -2.17. The third kappa shape index (κ3) is 5.45. The molecule has 0 aliphatic carbocycles. The number of hydrogen-bond donors (Lipinski definition) is 4. The smallest absolute Gasteiger partial charge is 0.337 e. The van der Waals surface area contributed by atoms with Crippen molar-refractivity contribution in [3.63, 3.8) is 0 Å². The number of carboxylic acid groups (broad SMARTS) is 2. The van der Waals surface area contributed by atoms with Gasteiger partial charge < -0.3 is 20.8 Å². The van der Waals surface area contributed by atoms with E-state index in [9.17, 15) is 49.6 Å². The van der Waals surface area contributed by atoms with Crippen LogP contribution in [0.5, 0.6) is 0 Å². The number of anilines is 2. The molecule has 14 heteroatoms. The van der Waals surface area contributed by atoms with Gasteiger partial charge in [-0.2, -0.15) is 0 Å². The Balaban J connectivity index is 1.81. The predicted octanol–water partition coefficient (Wildman–Crippen LogP) is 3.40. The number of carbonyl (C=O) groups is 4. The highest BCUT2D eigenvalue weighted by Crippen LogP contribution is 2.25. The van der Waals surface area contributed by atoms with Crippen molar-refractivity contribution in [1.29, 1.82) is 0 Å². The number of benzene rings is 3. The molecule has 0 aliphatic rings. The average molecular weight is 494 g/mol. The van der Waals surface area contributed by atoms with Gasteiger partial charge in [0.2, 0.25) is 0 Å². The van der Waals surface area contributed by atoms with Gasteiger partial charge in [-0.15, -0.1) is 0 Å². The minimum absolute atomic E-state index is 0.0315. The Hall–Kier alpha value is -5.66. The number of nitro groups is 2. The van der Waals surface area contributed by atoms with Gasteiger partial charge in [0.15, 0.2) is 0 Å². The second-order valence-corrected chi connectivity index (χ2v) is 7.07. The lowest BCUT2D eigenvalue weighted by atomic mass is 10.1. The van der Waals surface area contributed by atoms with Crippen LogP contribution in [0.3, 0.4) is 0 Å². The molecule has 2 amide bonds. The fourth-order valence-corrected chi connectivity index (χ4v) is 3.03. The van der Waals surface area contributed by atoms with Gasteiger partial charge in [0, 0.05) is 35.4 Å². The van der Waals surface area contributed by atoms with E-state index >= 15 is 0 Å². The van der Waals surface area contributed by atoms with Gasteiger partial charge in [-0.1, -0.05) is 0 Å². The largest absolute Gasteiger partial charge is 0.478 e. The summed E-state index contributed by atoms with van der Waals surface area (Å²) in [4.78, 5) is 68.3. The van der Waals surface area contributed by atoms with Gasteiger partial charge in [-0.25, -0.2) is 9.59 Å². The van der Waals surface area contributed by atoms with Crippen LogP contribution in [0.1, 0.15) is 41.4 Å². The molecule has 3 aromatic carbocycles. The van der Waals surface area contributed by atoms with E-state index in [4.69, 9.17) is 0 Å². The van der Waals surface area contributed by atoms with E-state index < -0.39 is 45.0 Å². The first-order valence-electron chi connectivity index (χ1n) is 9.74. The van der Waals surface area contributed by atoms with E-state index in [2.05, 4.69) is 10.6 Å². The van der Waals surface area contributed by atoms with E-state index in [-0.39, 0.29) is 33.6 Å². The van der Waals surface area contributed by atoms with Crippen molar-refractivity contribution in [2.24, 2.45) is 0 Å². The number of rotatable bonds is 8. The van der Waals surface area contributed by atoms with Gasteiger partial charge in [0.1, 0.15) is 0 Å². The Morgan fingerprint density at radius 3 is 1.22 bits per heavy atom. The highest BCUT2D eigenvalue weighted by Gasteiger charge is 2.20. The summed E-state index contributed by atoms with van der Waals surface area (Å²) in [6.07, 6.45) is 0. The van der Waals surface area contributed by atoms with Gasteiger partial charge in [0.25, 0.3) is 23.2 Å². The molecule has 3 aromatic rings. The molecule has 0 saturated heterocycles. The highest BCUT2D eigenvalue weighted by molar-refractivity contribution is 6.10. The van der Waals surface area contributed by atoms with Crippen molar-refractivity contribution in [1.82, 2.24) is 0 Å². The summed E-state index contributed by atoms with van der Waals surface area (Å²) in [6.45, 7) is 0. The molecule has 0 atom stereocenters. The standard InChI is InChI=1S/C22H14N4O10/c27-19(23-17-9-13(25(33)34)5-7-15(17)21(29)30)11-1-2-12(4-3-11)20(28)24-18-10-14(26(35)36)6-8-16(18)22(31)32/h1-10H,(H,23,27)(H,24,28)(H,29,30)(H,31,32). The molecule has 182 valence electrons. The third-order valence-corrected chi connectivity index (χ3v) is 4.79. The van der Waals surface area contributed by atoms with Crippen molar-refractivity contribution in [3.05, 3.63) is 103 Å². The predicted molar refractivity (Wildman–Crippen MR) is 122 cm³/mol. The number of non-ortho nitro benzene ring substituents is 2. The fourth-order valence-electron chi connectivity index (χ4n) is 3.03. The minimum Gasteiger partial charge on any atom is -0.478 e. The molecule has 36 heavy (non-hydrogen) atoms. The van der Waals surface area contributed by atoms with Crippen molar-refractivity contribution in [2.75, 3.05) is 10.6 Å². The summed E-state index contributed by atoms with van der Waals surface area (Å²) in [7, 11) is 0. The number of nitrogens with one attached hydrogen (secondary N) is 2. The first-order chi connectivity index (χ1) is 17.0. The molecule has 0 heterocycles. The molecule has 0 aromatic heterocycles. The van der Waals surface area contributed by atoms with Crippen LogP contribution in [0.2, 0.25) is 0 Å². The molecule has 0 spiro atoms. The summed E-state index contributed by atoms with van der Waals surface area (Å²) in [6, 6.07) is 10.5. The Morgan fingerprint density at radius 2 is 0.944 bits per heavy atom. The Kier molecular flexibility index (Phi) is 7.00. The van der Waals surface area contributed by atoms with Crippen molar-refractivity contribution < 1.29 is 39.2 Å². The normalized spacial score (nSPS) is 10.2. The van der Waals surface area contributed by atoms with Crippen LogP contribution in [0, 0.1) is 20.2 Å². The molecule has 4 N–H and O–H groups in total. The van der Waals surface area contributed by atoms with Gasteiger partial charge >= 0.3 is 11.9 Å². The minimum atomic E-state index is -1.42. The average Bonchev–Trinajstić information content (AvgIpc) is 2.83. The lowest BCUT2D eigenvalue weighted by molar-refractivity contribution is -0.385. The first-order valence-corrected chi connectivity index (χ1v) is 9.74. The number of carbonyl (C=O) groups excluding carboxylic acids is 2. The van der Waals surface area contributed by atoms with Crippen molar-refractivity contribution >= 4 is 46.5 Å². The topological polar surface area (TPSA) is 219 Å². The Morgan fingerprint density at radius 1 is 0.611 bits per heavy atom. The first kappa shape index (κ1) is 25.0. The second kappa shape index (κ2) is 10.1. The number of carboxylic acids is 2. The molecule has 0 fully saturated rings. The third-order valence-electron chi connectivity index (χ3n) is 4.79. The number of hydrogen-bond acceptors (Lipinski definition) is 8. The summed E-state index contributed by atoms with van der Waals surface area (Å²) in [5.41, 5.74) is -2.32. The van der Waals surface area contributed by atoms with E-state index in [1.54, 1.807) is 0 Å². The SMILES string of the molecule is O=C(Nc1cc([N+](=O)[O-])ccc1C(=O)O)c1ccc(C(=O)Nc2cc([N+](=O)[O-])ccc2C(=O)O)cc1. The Labute approximate surface area is 200 Å². The maximum Gasteiger partial charge on any atom is 0.337 e. The van der Waals surface area contributed by atoms with Crippen LogP contribution in [0.4, 0.5) is 22.7 Å². The summed E-state index contributed by atoms with van der Waals surface area (Å²) in [5.74, 6) is -4.49. The molecular formula is C22H14N4O10. The van der Waals surface area contributed by atoms with Crippen LogP contribution in [0.25, 0.3) is 0 Å². The molecule has 0 bridgehead atoms. The van der Waals surface area contributed by atoms with E-state index in [0.717, 1.165) is 36.4 Å². The summed E-state index contributed by atoms with van der Waals surface area (Å²) < 4.78 is 0. The van der Waals surface area contributed by atoms with E-state index in [0.29, 0.717) is 0 Å². The maximum atomic E-state index is 12.6.